The molecule has 0 bridgehead atoms. The molecule has 0 spiro atoms. The Morgan fingerprint density at radius 1 is 1.12 bits per heavy atom. The molecule has 2 amide bonds. The van der Waals surface area contributed by atoms with Gasteiger partial charge in [0.2, 0.25) is 11.8 Å². The quantitative estimate of drug-likeness (QED) is 0.535. The van der Waals surface area contributed by atoms with Crippen LogP contribution in [0.5, 0.6) is 11.5 Å². The highest BCUT2D eigenvalue weighted by Crippen LogP contribution is 2.17. The summed E-state index contributed by atoms with van der Waals surface area (Å²) in [7, 11) is 1.60. The summed E-state index contributed by atoms with van der Waals surface area (Å²) in [5, 5.41) is 5.57. The van der Waals surface area contributed by atoms with Gasteiger partial charge in [-0.25, -0.2) is 0 Å². The lowest BCUT2D eigenvalue weighted by Crippen LogP contribution is -2.50. The first kappa shape index (κ1) is 19.8. The van der Waals surface area contributed by atoms with E-state index in [2.05, 4.69) is 10.6 Å². The van der Waals surface area contributed by atoms with Crippen LogP contribution in [0.1, 0.15) is 34.1 Å². The maximum absolute atomic E-state index is 12.2. The van der Waals surface area contributed by atoms with Crippen LogP contribution in [0, 0.1) is 5.41 Å². The summed E-state index contributed by atoms with van der Waals surface area (Å²) in [4.78, 5) is 24.4. The van der Waals surface area contributed by atoms with Crippen LogP contribution in [-0.2, 0) is 9.59 Å². The van der Waals surface area contributed by atoms with Crippen LogP contribution in [0.2, 0.25) is 0 Å². The van der Waals surface area contributed by atoms with Gasteiger partial charge >= 0.3 is 0 Å². The second-order valence-corrected chi connectivity index (χ2v) is 6.19. The van der Waals surface area contributed by atoms with Gasteiger partial charge < -0.3 is 20.1 Å². The summed E-state index contributed by atoms with van der Waals surface area (Å²) in [6.07, 6.45) is 0.819. The van der Waals surface area contributed by atoms with Gasteiger partial charge in [0.25, 0.3) is 0 Å². The molecule has 6 heteroatoms. The molecule has 0 aliphatic carbocycles. The van der Waals surface area contributed by atoms with Crippen molar-refractivity contribution in [1.82, 2.24) is 10.6 Å². The minimum atomic E-state index is -1.12. The molecule has 2 N–H and O–H groups in total. The zero-order valence-electron chi connectivity index (χ0n) is 15.1. The Bertz CT molecular complexity index is 540. The number of hydrogen-bond donors (Lipinski definition) is 2. The molecule has 0 aliphatic rings. The van der Waals surface area contributed by atoms with Gasteiger partial charge in [-0.2, -0.15) is 0 Å². The highest BCUT2D eigenvalue weighted by atomic mass is 16.5. The minimum absolute atomic E-state index is 0.0444. The van der Waals surface area contributed by atoms with E-state index in [1.165, 1.54) is 0 Å². The van der Waals surface area contributed by atoms with E-state index in [0.717, 1.165) is 12.2 Å². The van der Waals surface area contributed by atoms with Crippen molar-refractivity contribution in [3.05, 3.63) is 24.3 Å². The Balaban J connectivity index is 2.39. The van der Waals surface area contributed by atoms with E-state index in [1.807, 2.05) is 13.8 Å². The van der Waals surface area contributed by atoms with E-state index in [-0.39, 0.29) is 17.9 Å². The minimum Gasteiger partial charge on any atom is -0.497 e. The van der Waals surface area contributed by atoms with E-state index in [0.29, 0.717) is 18.9 Å². The fraction of sp³-hybridized carbons (Fsp3) is 0.556. The van der Waals surface area contributed by atoms with Crippen LogP contribution < -0.4 is 20.1 Å². The lowest BCUT2D eigenvalue weighted by atomic mass is 9.90. The van der Waals surface area contributed by atoms with Gasteiger partial charge in [-0.3, -0.25) is 9.59 Å². The highest BCUT2D eigenvalue weighted by Gasteiger charge is 2.36. The fourth-order valence-electron chi connectivity index (χ4n) is 1.84. The maximum atomic E-state index is 12.2. The van der Waals surface area contributed by atoms with Crippen molar-refractivity contribution in [1.29, 1.82) is 0 Å². The third-order valence-electron chi connectivity index (χ3n) is 3.84. The van der Waals surface area contributed by atoms with Gasteiger partial charge in [-0.05, 0) is 51.5 Å². The lowest BCUT2D eigenvalue weighted by Gasteiger charge is -2.24. The average Bonchev–Trinajstić information content (AvgIpc) is 2.58. The van der Waals surface area contributed by atoms with Crippen LogP contribution in [0.15, 0.2) is 24.3 Å². The molecule has 24 heavy (non-hydrogen) atoms. The maximum Gasteiger partial charge on any atom is 0.235 e. The van der Waals surface area contributed by atoms with Gasteiger partial charge in [0.05, 0.1) is 13.7 Å². The number of methoxy groups -OCH3 is 1. The first-order valence-corrected chi connectivity index (χ1v) is 8.17. The van der Waals surface area contributed by atoms with Crippen LogP contribution in [-0.4, -0.2) is 38.1 Å². The summed E-state index contributed by atoms with van der Waals surface area (Å²) in [6.45, 7) is 7.77. The molecule has 1 aromatic carbocycles. The molecule has 1 unspecified atom stereocenters. The molecule has 0 aromatic heterocycles. The van der Waals surface area contributed by atoms with Crippen LogP contribution in [0.4, 0.5) is 0 Å². The number of hydrogen-bond acceptors (Lipinski definition) is 4. The summed E-state index contributed by atoms with van der Waals surface area (Å²) in [5.74, 6) is 0.857. The number of nitrogens with one attached hydrogen (secondary N) is 2. The van der Waals surface area contributed by atoms with E-state index in [1.54, 1.807) is 45.2 Å². The van der Waals surface area contributed by atoms with Crippen LogP contribution >= 0.6 is 0 Å². The van der Waals surface area contributed by atoms with E-state index in [4.69, 9.17) is 9.47 Å². The first-order valence-electron chi connectivity index (χ1n) is 8.17. The third-order valence-corrected chi connectivity index (χ3v) is 3.84. The molecule has 1 aromatic rings. The predicted octanol–water partition coefficient (Wildman–Crippen LogP) is 2.13. The molecule has 0 heterocycles. The molecule has 0 aliphatic heterocycles. The normalized spacial score (nSPS) is 12.2. The Kier molecular flexibility index (Phi) is 7.55. The fourth-order valence-corrected chi connectivity index (χ4v) is 1.84. The largest absolute Gasteiger partial charge is 0.497 e. The standard InChI is InChI=1S/C18H28N2O4/c1-6-13(2)20-17(22)18(3,4)16(21)19-11-12-24-15-9-7-14(23-5)8-10-15/h7-10,13H,6,11-12H2,1-5H3,(H,19,21)(H,20,22). The van der Waals surface area contributed by atoms with Crippen molar-refractivity contribution in [2.75, 3.05) is 20.3 Å². The Hall–Kier alpha value is -2.24. The molecule has 0 saturated carbocycles. The van der Waals surface area contributed by atoms with Gasteiger partial charge in [0.1, 0.15) is 23.5 Å². The first-order chi connectivity index (χ1) is 11.3. The number of amides is 2. The average molecular weight is 336 g/mol. The number of carbonyl (C=O) groups excluding carboxylic acids is 2. The molecule has 0 radical (unpaired) electrons. The zero-order chi connectivity index (χ0) is 18.2. The Morgan fingerprint density at radius 2 is 1.71 bits per heavy atom. The smallest absolute Gasteiger partial charge is 0.235 e. The van der Waals surface area contributed by atoms with Gasteiger partial charge in [-0.1, -0.05) is 6.92 Å². The van der Waals surface area contributed by atoms with Crippen LogP contribution in [0.25, 0.3) is 0 Å². The molecule has 134 valence electrons. The van der Waals surface area contributed by atoms with Crippen molar-refractivity contribution >= 4 is 11.8 Å². The Labute approximate surface area is 143 Å². The molecule has 1 atom stereocenters. The predicted molar refractivity (Wildman–Crippen MR) is 93.2 cm³/mol. The summed E-state index contributed by atoms with van der Waals surface area (Å²) in [5.41, 5.74) is -1.12. The number of ether oxygens (including phenoxy) is 2. The van der Waals surface area contributed by atoms with Crippen LogP contribution in [0.3, 0.4) is 0 Å². The number of benzene rings is 1. The second kappa shape index (κ2) is 9.15. The highest BCUT2D eigenvalue weighted by molar-refractivity contribution is 6.04. The lowest BCUT2D eigenvalue weighted by molar-refractivity contribution is -0.141. The second-order valence-electron chi connectivity index (χ2n) is 6.19. The number of rotatable bonds is 9. The third kappa shape index (κ3) is 5.76. The molecule has 6 nitrogen and oxygen atoms in total. The number of carbonyl (C=O) groups is 2. The Morgan fingerprint density at radius 3 is 2.25 bits per heavy atom. The van der Waals surface area contributed by atoms with Crippen molar-refractivity contribution in [2.45, 2.75) is 40.2 Å². The molecular weight excluding hydrogens is 308 g/mol. The summed E-state index contributed by atoms with van der Waals surface area (Å²) < 4.78 is 10.6. The topological polar surface area (TPSA) is 76.7 Å². The van der Waals surface area contributed by atoms with Crippen molar-refractivity contribution in [3.8, 4) is 11.5 Å². The van der Waals surface area contributed by atoms with E-state index >= 15 is 0 Å². The van der Waals surface area contributed by atoms with Crippen molar-refractivity contribution < 1.29 is 19.1 Å². The summed E-state index contributed by atoms with van der Waals surface area (Å²) >= 11 is 0. The monoisotopic (exact) mass is 336 g/mol. The molecule has 1 rings (SSSR count). The zero-order valence-corrected chi connectivity index (χ0v) is 15.1. The van der Waals surface area contributed by atoms with Crippen molar-refractivity contribution in [2.24, 2.45) is 5.41 Å². The van der Waals surface area contributed by atoms with Crippen molar-refractivity contribution in [3.63, 3.8) is 0 Å². The van der Waals surface area contributed by atoms with E-state index in [9.17, 15) is 9.59 Å². The van der Waals surface area contributed by atoms with Gasteiger partial charge in [0, 0.05) is 6.04 Å². The SMILES string of the molecule is CCC(C)NC(=O)C(C)(C)C(=O)NCCOc1ccc(OC)cc1. The molecular formula is C18H28N2O4. The van der Waals surface area contributed by atoms with Gasteiger partial charge in [0.15, 0.2) is 0 Å². The van der Waals surface area contributed by atoms with Gasteiger partial charge in [-0.15, -0.1) is 0 Å². The van der Waals surface area contributed by atoms with E-state index < -0.39 is 5.41 Å². The molecule has 0 fully saturated rings. The summed E-state index contributed by atoms with van der Waals surface area (Å²) in [6, 6.07) is 7.24. The molecule has 0 saturated heterocycles.